The molecule has 2 atom stereocenters. The van der Waals surface area contributed by atoms with Crippen LogP contribution >= 0.6 is 0 Å². The van der Waals surface area contributed by atoms with E-state index in [9.17, 15) is 9.59 Å². The van der Waals surface area contributed by atoms with Crippen molar-refractivity contribution < 1.29 is 19.1 Å². The number of rotatable bonds is 6. The average molecular weight is 466 g/mol. The second-order valence-electron chi connectivity index (χ2n) is 8.87. The molecule has 1 aliphatic carbocycles. The molecule has 0 spiro atoms. The predicted molar refractivity (Wildman–Crippen MR) is 131 cm³/mol. The van der Waals surface area contributed by atoms with Crippen molar-refractivity contribution >= 4 is 28.3 Å². The molecule has 4 aromatic rings. The molecule has 2 aliphatic rings. The van der Waals surface area contributed by atoms with Crippen molar-refractivity contribution in [2.75, 3.05) is 12.1 Å². The van der Waals surface area contributed by atoms with Crippen LogP contribution < -0.4 is 20.1 Å². The van der Waals surface area contributed by atoms with Gasteiger partial charge >= 0.3 is 0 Å². The predicted octanol–water partition coefficient (Wildman–Crippen LogP) is 4.64. The zero-order chi connectivity index (χ0) is 23.8. The fourth-order valence-corrected chi connectivity index (χ4v) is 4.47. The van der Waals surface area contributed by atoms with Crippen LogP contribution in [0.1, 0.15) is 33.8 Å². The van der Waals surface area contributed by atoms with Crippen molar-refractivity contribution in [1.82, 2.24) is 10.3 Å². The van der Waals surface area contributed by atoms with Crippen molar-refractivity contribution in [2.45, 2.75) is 18.9 Å². The summed E-state index contributed by atoms with van der Waals surface area (Å²) in [6.45, 7) is 0.621. The van der Waals surface area contributed by atoms with E-state index in [1.807, 2.05) is 66.7 Å². The van der Waals surface area contributed by atoms with Crippen LogP contribution in [0.25, 0.3) is 10.8 Å². The normalized spacial score (nSPS) is 17.7. The number of fused-ring (bicyclic) bond motifs is 2. The second kappa shape index (κ2) is 8.76. The van der Waals surface area contributed by atoms with Crippen LogP contribution in [0.2, 0.25) is 0 Å². The topological polar surface area (TPSA) is 89.5 Å². The molecular formula is C28H23N3O4. The van der Waals surface area contributed by atoms with Gasteiger partial charge in [-0.3, -0.25) is 14.6 Å². The Kier molecular flexibility index (Phi) is 5.29. The number of amides is 2. The van der Waals surface area contributed by atoms with E-state index in [-0.39, 0.29) is 30.4 Å². The molecule has 2 heterocycles. The lowest BCUT2D eigenvalue weighted by molar-refractivity contribution is -0.117. The van der Waals surface area contributed by atoms with E-state index in [0.29, 0.717) is 17.9 Å². The van der Waals surface area contributed by atoms with Crippen LogP contribution in [0.5, 0.6) is 11.5 Å². The highest BCUT2D eigenvalue weighted by Gasteiger charge is 2.43. The number of nitrogens with one attached hydrogen (secondary N) is 2. The molecule has 174 valence electrons. The molecular weight excluding hydrogens is 442 g/mol. The van der Waals surface area contributed by atoms with Gasteiger partial charge in [0.1, 0.15) is 0 Å². The van der Waals surface area contributed by atoms with Gasteiger partial charge in [-0.15, -0.1) is 0 Å². The van der Waals surface area contributed by atoms with E-state index < -0.39 is 0 Å². The van der Waals surface area contributed by atoms with E-state index in [2.05, 4.69) is 15.6 Å². The van der Waals surface area contributed by atoms with Crippen molar-refractivity contribution in [3.8, 4) is 11.5 Å². The highest BCUT2D eigenvalue weighted by atomic mass is 16.7. The van der Waals surface area contributed by atoms with Crippen LogP contribution in [0.4, 0.5) is 5.69 Å². The minimum Gasteiger partial charge on any atom is -0.454 e. The van der Waals surface area contributed by atoms with E-state index >= 15 is 0 Å². The lowest BCUT2D eigenvalue weighted by Gasteiger charge is -2.08. The minimum atomic E-state index is -0.147. The number of anilines is 1. The number of carbonyl (C=O) groups is 2. The highest BCUT2D eigenvalue weighted by Crippen LogP contribution is 2.48. The van der Waals surface area contributed by atoms with Gasteiger partial charge in [0.25, 0.3) is 5.91 Å². The smallest absolute Gasteiger partial charge is 0.251 e. The number of benzene rings is 3. The van der Waals surface area contributed by atoms with Crippen LogP contribution in [-0.4, -0.2) is 23.6 Å². The van der Waals surface area contributed by atoms with Gasteiger partial charge in [-0.2, -0.15) is 0 Å². The Morgan fingerprint density at radius 3 is 2.66 bits per heavy atom. The van der Waals surface area contributed by atoms with Gasteiger partial charge in [-0.25, -0.2) is 0 Å². The first kappa shape index (κ1) is 21.2. The Morgan fingerprint density at radius 1 is 0.914 bits per heavy atom. The van der Waals surface area contributed by atoms with Crippen molar-refractivity contribution in [3.05, 3.63) is 95.8 Å². The zero-order valence-corrected chi connectivity index (χ0v) is 18.9. The fraction of sp³-hybridized carbons (Fsp3) is 0.179. The Bertz CT molecular complexity index is 1430. The molecule has 0 saturated heterocycles. The first-order valence-corrected chi connectivity index (χ1v) is 11.6. The summed E-state index contributed by atoms with van der Waals surface area (Å²) in [4.78, 5) is 29.5. The molecule has 1 fully saturated rings. The van der Waals surface area contributed by atoms with Gasteiger partial charge in [0.2, 0.25) is 12.7 Å². The summed E-state index contributed by atoms with van der Waals surface area (Å²) < 4.78 is 10.7. The van der Waals surface area contributed by atoms with Gasteiger partial charge in [0.15, 0.2) is 11.5 Å². The van der Waals surface area contributed by atoms with Crippen LogP contribution in [-0.2, 0) is 11.3 Å². The third-order valence-corrected chi connectivity index (χ3v) is 6.53. The number of aromatic nitrogens is 1. The molecule has 1 aromatic heterocycles. The maximum absolute atomic E-state index is 12.8. The van der Waals surface area contributed by atoms with Crippen molar-refractivity contribution in [1.29, 1.82) is 0 Å². The Hall–Kier alpha value is -4.39. The summed E-state index contributed by atoms with van der Waals surface area (Å²) in [5.41, 5.74) is 3.38. The molecule has 1 aliphatic heterocycles. The van der Waals surface area contributed by atoms with Gasteiger partial charge < -0.3 is 20.1 Å². The highest BCUT2D eigenvalue weighted by molar-refractivity contribution is 5.97. The molecule has 0 unspecified atom stereocenters. The average Bonchev–Trinajstić information content (AvgIpc) is 3.57. The van der Waals surface area contributed by atoms with Crippen molar-refractivity contribution in [3.63, 3.8) is 0 Å². The summed E-state index contributed by atoms with van der Waals surface area (Å²) >= 11 is 0. The minimum absolute atomic E-state index is 0.0222. The number of nitrogens with zero attached hydrogens (tertiary/aromatic N) is 1. The molecule has 2 amide bonds. The summed E-state index contributed by atoms with van der Waals surface area (Å²) in [7, 11) is 0. The van der Waals surface area contributed by atoms with E-state index in [4.69, 9.17) is 9.47 Å². The lowest BCUT2D eigenvalue weighted by atomic mass is 10.1. The van der Waals surface area contributed by atoms with Gasteiger partial charge in [0, 0.05) is 41.5 Å². The number of hydrogen-bond acceptors (Lipinski definition) is 5. The van der Waals surface area contributed by atoms with Gasteiger partial charge in [-0.05, 0) is 71.3 Å². The van der Waals surface area contributed by atoms with Crippen molar-refractivity contribution in [2.24, 2.45) is 5.92 Å². The largest absolute Gasteiger partial charge is 0.454 e. The molecule has 7 nitrogen and oxygen atoms in total. The van der Waals surface area contributed by atoms with Crippen LogP contribution in [0, 0.1) is 5.92 Å². The zero-order valence-electron chi connectivity index (χ0n) is 18.9. The number of ether oxygens (including phenoxy) is 2. The fourth-order valence-electron chi connectivity index (χ4n) is 4.47. The molecule has 2 N–H and O–H groups in total. The SMILES string of the molecule is O=C(NCc1ccc2c(c1)OCO2)c1ccc([C@@H]2C[C@H]2C(=O)Nc2ccc3cnccc3c2)cc1. The second-order valence-corrected chi connectivity index (χ2v) is 8.87. The van der Waals surface area contributed by atoms with E-state index in [1.54, 1.807) is 12.4 Å². The van der Waals surface area contributed by atoms with Gasteiger partial charge in [-0.1, -0.05) is 24.3 Å². The summed E-state index contributed by atoms with van der Waals surface area (Å²) in [6.07, 6.45) is 4.35. The molecule has 6 rings (SSSR count). The van der Waals surface area contributed by atoms with Crippen LogP contribution in [0.3, 0.4) is 0 Å². The monoisotopic (exact) mass is 465 g/mol. The summed E-state index contributed by atoms with van der Waals surface area (Å²) in [5, 5.41) is 8.04. The molecule has 0 bridgehead atoms. The Labute approximate surface area is 202 Å². The van der Waals surface area contributed by atoms with Gasteiger partial charge in [0.05, 0.1) is 0 Å². The standard InChI is InChI=1S/C28H23N3O4/c32-27(30-14-17-1-8-25-26(11-17)35-16-34-25)19-4-2-18(3-5-19)23-13-24(23)28(33)31-22-7-6-21-15-29-10-9-20(21)12-22/h1-12,15,23-24H,13-14,16H2,(H,30,32)(H,31,33)/t23-,24+/m0/s1. The molecule has 1 saturated carbocycles. The molecule has 7 heteroatoms. The third kappa shape index (κ3) is 4.40. The maximum Gasteiger partial charge on any atom is 0.251 e. The lowest BCUT2D eigenvalue weighted by Crippen LogP contribution is -2.22. The summed E-state index contributed by atoms with van der Waals surface area (Å²) in [6, 6.07) is 20.9. The molecule has 3 aromatic carbocycles. The molecule has 35 heavy (non-hydrogen) atoms. The summed E-state index contributed by atoms with van der Waals surface area (Å²) in [5.74, 6) is 1.40. The molecule has 0 radical (unpaired) electrons. The number of pyridine rings is 1. The first-order chi connectivity index (χ1) is 17.1. The van der Waals surface area contributed by atoms with E-state index in [1.165, 1.54) is 0 Å². The Balaban J connectivity index is 1.04. The van der Waals surface area contributed by atoms with Crippen LogP contribution in [0.15, 0.2) is 79.1 Å². The maximum atomic E-state index is 12.8. The first-order valence-electron chi connectivity index (χ1n) is 11.6. The number of carbonyl (C=O) groups excluding carboxylic acids is 2. The van der Waals surface area contributed by atoms with E-state index in [0.717, 1.165) is 39.8 Å². The quantitative estimate of drug-likeness (QED) is 0.433. The Morgan fingerprint density at radius 2 is 1.77 bits per heavy atom. The number of hydrogen-bond donors (Lipinski definition) is 2. The third-order valence-electron chi connectivity index (χ3n) is 6.53.